The van der Waals surface area contributed by atoms with Crippen LogP contribution in [0.1, 0.15) is 97.8 Å². The SMILES string of the molecule is C[C@H](CCC(=O)[O-])[C@H]1CC[C@H]2[C@@H]3CC[C@@H]4C[C@@H](OC(=O)CC[N+](C)(C)C)CC[C@]4(C)[C@H]3CC[C@]12C. The summed E-state index contributed by atoms with van der Waals surface area (Å²) in [7, 11) is 6.36. The highest BCUT2D eigenvalue weighted by Gasteiger charge is 2.60. The summed E-state index contributed by atoms with van der Waals surface area (Å²) in [4.78, 5) is 23.5. The number of nitrogens with zero attached hydrogens (tertiary/aromatic N) is 1. The lowest BCUT2D eigenvalue weighted by Gasteiger charge is -2.61. The lowest BCUT2D eigenvalue weighted by Crippen LogP contribution is -2.54. The Kier molecular flexibility index (Phi) is 7.69. The molecule has 0 aliphatic heterocycles. The Morgan fingerprint density at radius 2 is 1.63 bits per heavy atom. The van der Waals surface area contributed by atoms with E-state index in [0.29, 0.717) is 35.0 Å². The summed E-state index contributed by atoms with van der Waals surface area (Å²) in [6.45, 7) is 8.22. The average molecular weight is 490 g/mol. The van der Waals surface area contributed by atoms with Crippen molar-refractivity contribution in [2.75, 3.05) is 27.7 Å². The first kappa shape index (κ1) is 26.9. The van der Waals surface area contributed by atoms with Gasteiger partial charge in [-0.2, -0.15) is 0 Å². The number of esters is 1. The molecule has 0 N–H and O–H groups in total. The molecular formula is C30H51NO4. The molecule has 0 unspecified atom stereocenters. The number of carbonyl (C=O) groups excluding carboxylic acids is 2. The van der Waals surface area contributed by atoms with Gasteiger partial charge in [-0.3, -0.25) is 4.79 Å². The first-order valence-electron chi connectivity index (χ1n) is 14.5. The van der Waals surface area contributed by atoms with E-state index in [0.717, 1.165) is 48.0 Å². The van der Waals surface area contributed by atoms with Crippen molar-refractivity contribution in [2.45, 2.75) is 104 Å². The van der Waals surface area contributed by atoms with Crippen LogP contribution in [0.25, 0.3) is 0 Å². The van der Waals surface area contributed by atoms with E-state index in [1.807, 2.05) is 0 Å². The van der Waals surface area contributed by atoms with Gasteiger partial charge in [-0.25, -0.2) is 0 Å². The number of fused-ring (bicyclic) bond motifs is 5. The second-order valence-electron chi connectivity index (χ2n) is 14.4. The molecule has 4 saturated carbocycles. The highest BCUT2D eigenvalue weighted by molar-refractivity contribution is 5.69. The number of hydrogen-bond acceptors (Lipinski definition) is 4. The zero-order valence-electron chi connectivity index (χ0n) is 23.3. The molecule has 0 heterocycles. The first-order valence-corrected chi connectivity index (χ1v) is 14.5. The topological polar surface area (TPSA) is 66.4 Å². The van der Waals surface area contributed by atoms with E-state index in [1.165, 1.54) is 44.9 Å². The Morgan fingerprint density at radius 3 is 2.31 bits per heavy atom. The molecule has 0 aromatic carbocycles. The monoisotopic (exact) mass is 489 g/mol. The molecule has 4 aliphatic rings. The molecule has 9 atom stereocenters. The Bertz CT molecular complexity index is 790. The zero-order chi connectivity index (χ0) is 25.6. The third-order valence-electron chi connectivity index (χ3n) is 11.5. The summed E-state index contributed by atoms with van der Waals surface area (Å²) in [5.41, 5.74) is 0.752. The van der Waals surface area contributed by atoms with Gasteiger partial charge < -0.3 is 19.1 Å². The number of hydrogen-bond donors (Lipinski definition) is 0. The van der Waals surface area contributed by atoms with Gasteiger partial charge in [0.15, 0.2) is 0 Å². The van der Waals surface area contributed by atoms with Gasteiger partial charge in [0.1, 0.15) is 6.10 Å². The van der Waals surface area contributed by atoms with Crippen molar-refractivity contribution < 1.29 is 23.9 Å². The van der Waals surface area contributed by atoms with Gasteiger partial charge in [0.25, 0.3) is 0 Å². The number of ether oxygens (including phenoxy) is 1. The van der Waals surface area contributed by atoms with E-state index in [9.17, 15) is 14.7 Å². The Hall–Kier alpha value is -1.10. The fourth-order valence-electron chi connectivity index (χ4n) is 9.52. The number of aliphatic carboxylic acids is 1. The number of rotatable bonds is 8. The largest absolute Gasteiger partial charge is 0.550 e. The van der Waals surface area contributed by atoms with Gasteiger partial charge in [0.05, 0.1) is 34.1 Å². The molecule has 0 spiro atoms. The maximum Gasteiger partial charge on any atom is 0.311 e. The molecule has 0 aromatic rings. The highest BCUT2D eigenvalue weighted by Crippen LogP contribution is 2.68. The fraction of sp³-hybridized carbons (Fsp3) is 0.933. The molecule has 0 saturated heterocycles. The van der Waals surface area contributed by atoms with Crippen LogP contribution in [0.15, 0.2) is 0 Å². The molecule has 35 heavy (non-hydrogen) atoms. The molecule has 0 radical (unpaired) electrons. The normalized spacial score (nSPS) is 41.9. The number of carbonyl (C=O) groups is 2. The molecule has 5 nitrogen and oxygen atoms in total. The molecule has 4 fully saturated rings. The van der Waals surface area contributed by atoms with Gasteiger partial charge in [-0.1, -0.05) is 20.8 Å². The third-order valence-corrected chi connectivity index (χ3v) is 11.5. The van der Waals surface area contributed by atoms with Crippen LogP contribution in [0.4, 0.5) is 0 Å². The van der Waals surface area contributed by atoms with Gasteiger partial charge in [0.2, 0.25) is 0 Å². The molecule has 0 aromatic heterocycles. The van der Waals surface area contributed by atoms with Gasteiger partial charge in [-0.15, -0.1) is 0 Å². The van der Waals surface area contributed by atoms with Crippen LogP contribution in [0.5, 0.6) is 0 Å². The number of quaternary nitrogens is 1. The minimum Gasteiger partial charge on any atom is -0.550 e. The van der Waals surface area contributed by atoms with Crippen molar-refractivity contribution in [1.29, 1.82) is 0 Å². The number of carboxylic acid groups (broad SMARTS) is 1. The predicted molar refractivity (Wildman–Crippen MR) is 136 cm³/mol. The van der Waals surface area contributed by atoms with Crippen LogP contribution in [0.3, 0.4) is 0 Å². The quantitative estimate of drug-likeness (QED) is 0.362. The maximum atomic E-state index is 12.5. The smallest absolute Gasteiger partial charge is 0.311 e. The molecule has 0 amide bonds. The minimum atomic E-state index is -0.902. The van der Waals surface area contributed by atoms with Crippen molar-refractivity contribution in [1.82, 2.24) is 0 Å². The fourth-order valence-corrected chi connectivity index (χ4v) is 9.52. The first-order chi connectivity index (χ1) is 16.3. The summed E-state index contributed by atoms with van der Waals surface area (Å²) in [6.07, 6.45) is 12.7. The molecule has 200 valence electrons. The van der Waals surface area contributed by atoms with Crippen molar-refractivity contribution in [2.24, 2.45) is 46.3 Å². The van der Waals surface area contributed by atoms with E-state index in [4.69, 9.17) is 4.74 Å². The Balaban J connectivity index is 1.38. The van der Waals surface area contributed by atoms with Crippen molar-refractivity contribution in [3.05, 3.63) is 0 Å². The van der Waals surface area contributed by atoms with Crippen molar-refractivity contribution in [3.63, 3.8) is 0 Å². The summed E-state index contributed by atoms with van der Waals surface area (Å²) in [5.74, 6) is 3.29. The third kappa shape index (κ3) is 5.45. The second kappa shape index (κ2) is 9.99. The molecule has 4 rings (SSSR count). The van der Waals surface area contributed by atoms with E-state index in [2.05, 4.69) is 41.9 Å². The molecule has 4 aliphatic carbocycles. The molecule has 5 heteroatoms. The van der Waals surface area contributed by atoms with Gasteiger partial charge in [0, 0.05) is 5.97 Å². The van der Waals surface area contributed by atoms with E-state index in [1.54, 1.807) is 0 Å². The van der Waals surface area contributed by atoms with Crippen molar-refractivity contribution in [3.8, 4) is 0 Å². The average Bonchev–Trinajstić information content (AvgIpc) is 3.13. The summed E-state index contributed by atoms with van der Waals surface area (Å²) < 4.78 is 6.78. The Labute approximate surface area is 213 Å². The standard InChI is InChI=1S/C30H51NO4/c1-20(7-12-27(32)33)24-10-11-25-23-9-8-21-19-22(35-28(34)15-18-31(4,5)6)13-16-29(21,2)26(23)14-17-30(24,25)3/h20-26H,7-19H2,1-6H3/t20-,21-,22+,23+,24-,25+,26+,29+,30-/m1/s1. The van der Waals surface area contributed by atoms with Crippen molar-refractivity contribution >= 4 is 11.9 Å². The van der Waals surface area contributed by atoms with E-state index >= 15 is 0 Å². The van der Waals surface area contributed by atoms with Crippen LogP contribution >= 0.6 is 0 Å². The minimum absolute atomic E-state index is 0.0152. The molecule has 0 bridgehead atoms. The maximum absolute atomic E-state index is 12.5. The summed E-state index contributed by atoms with van der Waals surface area (Å²) >= 11 is 0. The van der Waals surface area contributed by atoms with Crippen LogP contribution in [0.2, 0.25) is 0 Å². The van der Waals surface area contributed by atoms with Gasteiger partial charge in [-0.05, 0) is 117 Å². The Morgan fingerprint density at radius 1 is 0.943 bits per heavy atom. The second-order valence-corrected chi connectivity index (χ2v) is 14.4. The lowest BCUT2D eigenvalue weighted by molar-refractivity contribution is -0.869. The number of carboxylic acids is 1. The van der Waals surface area contributed by atoms with Crippen LogP contribution in [-0.4, -0.2) is 50.2 Å². The van der Waals surface area contributed by atoms with E-state index in [-0.39, 0.29) is 18.5 Å². The highest BCUT2D eigenvalue weighted by atomic mass is 16.5. The van der Waals surface area contributed by atoms with Crippen LogP contribution < -0.4 is 5.11 Å². The lowest BCUT2D eigenvalue weighted by atomic mass is 9.44. The predicted octanol–water partition coefficient (Wildman–Crippen LogP) is 4.82. The van der Waals surface area contributed by atoms with Crippen LogP contribution in [-0.2, 0) is 14.3 Å². The van der Waals surface area contributed by atoms with Gasteiger partial charge >= 0.3 is 5.97 Å². The summed E-state index contributed by atoms with van der Waals surface area (Å²) in [5, 5.41) is 11.1. The molecular weight excluding hydrogens is 438 g/mol. The van der Waals surface area contributed by atoms with E-state index < -0.39 is 5.97 Å². The van der Waals surface area contributed by atoms with Crippen LogP contribution in [0, 0.1) is 46.3 Å². The summed E-state index contributed by atoms with van der Waals surface area (Å²) in [6, 6.07) is 0. The zero-order valence-corrected chi connectivity index (χ0v) is 23.3.